The third-order valence-corrected chi connectivity index (χ3v) is 4.22. The van der Waals surface area contributed by atoms with Crippen molar-refractivity contribution in [3.63, 3.8) is 0 Å². The molecule has 17 heavy (non-hydrogen) atoms. The highest BCUT2D eigenvalue weighted by atomic mass is 32.2. The van der Waals surface area contributed by atoms with E-state index in [0.29, 0.717) is 0 Å². The molecule has 0 spiro atoms. The van der Waals surface area contributed by atoms with Crippen molar-refractivity contribution in [2.75, 3.05) is 7.05 Å². The van der Waals surface area contributed by atoms with E-state index in [9.17, 15) is 9.90 Å². The van der Waals surface area contributed by atoms with Crippen LogP contribution < -0.4 is 0 Å². The Morgan fingerprint density at radius 1 is 1.47 bits per heavy atom. The van der Waals surface area contributed by atoms with Gasteiger partial charge in [-0.05, 0) is 17.7 Å². The first-order chi connectivity index (χ1) is 8.16. The van der Waals surface area contributed by atoms with Gasteiger partial charge in [-0.15, -0.1) is 11.8 Å². The van der Waals surface area contributed by atoms with Crippen LogP contribution in [0.2, 0.25) is 0 Å². The van der Waals surface area contributed by atoms with Crippen molar-refractivity contribution in [1.29, 1.82) is 0 Å². The molecule has 2 aliphatic rings. The summed E-state index contributed by atoms with van der Waals surface area (Å²) in [6.45, 7) is 0. The summed E-state index contributed by atoms with van der Waals surface area (Å²) in [7, 11) is 1.91. The second-order valence-electron chi connectivity index (χ2n) is 4.12. The second-order valence-corrected chi connectivity index (χ2v) is 5.27. The molecule has 86 valence electrons. The minimum Gasteiger partial charge on any atom is -0.480 e. The number of carbonyl (C=O) groups is 1. The molecule has 1 unspecified atom stereocenters. The summed E-state index contributed by atoms with van der Waals surface area (Å²) in [6, 6.07) is 5.98. The van der Waals surface area contributed by atoms with Gasteiger partial charge in [0.25, 0.3) is 0 Å². The minimum absolute atomic E-state index is 0.492. The average Bonchev–Trinajstić information content (AvgIpc) is 2.57. The molecule has 1 atom stereocenters. The largest absolute Gasteiger partial charge is 0.480 e. The Kier molecular flexibility index (Phi) is 2.26. The Morgan fingerprint density at radius 3 is 3.06 bits per heavy atom. The van der Waals surface area contributed by atoms with Gasteiger partial charge in [0.05, 0.1) is 0 Å². The smallest absolute Gasteiger partial charge is 0.321 e. The van der Waals surface area contributed by atoms with Gasteiger partial charge in [-0.3, -0.25) is 4.79 Å². The van der Waals surface area contributed by atoms with E-state index in [1.807, 2.05) is 48.6 Å². The summed E-state index contributed by atoms with van der Waals surface area (Å²) in [4.78, 5) is 14.3. The minimum atomic E-state index is -0.779. The van der Waals surface area contributed by atoms with Crippen molar-refractivity contribution in [3.05, 3.63) is 41.7 Å². The highest BCUT2D eigenvalue weighted by molar-refractivity contribution is 8.01. The third kappa shape index (κ3) is 1.56. The zero-order valence-corrected chi connectivity index (χ0v) is 10.1. The Hall–Kier alpha value is -1.68. The lowest BCUT2D eigenvalue weighted by atomic mass is 9.98. The molecule has 1 aromatic carbocycles. The van der Waals surface area contributed by atoms with Crippen molar-refractivity contribution < 1.29 is 9.90 Å². The van der Waals surface area contributed by atoms with Crippen molar-refractivity contribution in [2.45, 2.75) is 10.1 Å². The molecule has 0 radical (unpaired) electrons. The number of nitrogens with zero attached hydrogens (tertiary/aromatic N) is 1. The molecule has 0 amide bonds. The molecular weight excluding hydrogens is 234 g/mol. The summed E-state index contributed by atoms with van der Waals surface area (Å²) < 4.78 is 0. The van der Waals surface area contributed by atoms with Crippen LogP contribution in [0.15, 0.2) is 35.5 Å². The lowest BCUT2D eigenvalue weighted by Gasteiger charge is -2.10. The standard InChI is InChI=1S/C13H11NO2S/c1-14-6-5-8-3-2-4-10-11(8)9(7-14)12(17-10)13(15)16/h2-7,12H,1H3,(H,15,16). The van der Waals surface area contributed by atoms with Gasteiger partial charge >= 0.3 is 5.97 Å². The van der Waals surface area contributed by atoms with Crippen LogP contribution in [0.4, 0.5) is 0 Å². The van der Waals surface area contributed by atoms with Gasteiger partial charge in [-0.1, -0.05) is 12.1 Å². The number of thioether (sulfide) groups is 1. The molecule has 2 aliphatic heterocycles. The number of carboxylic acids is 1. The van der Waals surface area contributed by atoms with E-state index in [4.69, 9.17) is 0 Å². The molecular formula is C13H11NO2S. The highest BCUT2D eigenvalue weighted by Crippen LogP contribution is 2.47. The van der Waals surface area contributed by atoms with Crippen LogP contribution in [0.1, 0.15) is 11.1 Å². The number of benzene rings is 1. The van der Waals surface area contributed by atoms with Crippen LogP contribution in [-0.2, 0) is 4.79 Å². The van der Waals surface area contributed by atoms with E-state index < -0.39 is 11.2 Å². The van der Waals surface area contributed by atoms with E-state index in [1.54, 1.807) is 0 Å². The molecule has 2 heterocycles. The lowest BCUT2D eigenvalue weighted by molar-refractivity contribution is -0.135. The van der Waals surface area contributed by atoms with Gasteiger partial charge in [0.15, 0.2) is 0 Å². The molecule has 0 saturated heterocycles. The van der Waals surface area contributed by atoms with E-state index >= 15 is 0 Å². The van der Waals surface area contributed by atoms with Crippen molar-refractivity contribution >= 4 is 29.4 Å². The molecule has 3 rings (SSSR count). The van der Waals surface area contributed by atoms with Gasteiger partial charge in [-0.2, -0.15) is 0 Å². The lowest BCUT2D eigenvalue weighted by Crippen LogP contribution is -2.15. The predicted molar refractivity (Wildman–Crippen MR) is 68.5 cm³/mol. The summed E-state index contributed by atoms with van der Waals surface area (Å²) in [6.07, 6.45) is 5.88. The van der Waals surface area contributed by atoms with Gasteiger partial charge in [-0.25, -0.2) is 0 Å². The Bertz CT molecular complexity index is 563. The Labute approximate surface area is 103 Å². The summed E-state index contributed by atoms with van der Waals surface area (Å²) in [5.41, 5.74) is 3.06. The van der Waals surface area contributed by atoms with Crippen LogP contribution in [-0.4, -0.2) is 28.3 Å². The van der Waals surface area contributed by atoms with Crippen molar-refractivity contribution in [3.8, 4) is 0 Å². The Morgan fingerprint density at radius 2 is 2.29 bits per heavy atom. The first kappa shape index (κ1) is 10.5. The van der Waals surface area contributed by atoms with Crippen LogP contribution >= 0.6 is 11.8 Å². The summed E-state index contributed by atoms with van der Waals surface area (Å²) >= 11 is 1.41. The topological polar surface area (TPSA) is 40.5 Å². The molecule has 1 N–H and O–H groups in total. The maximum absolute atomic E-state index is 11.3. The average molecular weight is 245 g/mol. The van der Waals surface area contributed by atoms with Crippen LogP contribution in [0.25, 0.3) is 11.6 Å². The molecule has 0 bridgehead atoms. The van der Waals surface area contributed by atoms with Gasteiger partial charge in [0.2, 0.25) is 0 Å². The van der Waals surface area contributed by atoms with E-state index in [1.165, 1.54) is 11.8 Å². The Balaban J connectivity index is 2.24. The number of hydrogen-bond donors (Lipinski definition) is 1. The fourth-order valence-electron chi connectivity index (χ4n) is 2.19. The molecule has 0 saturated carbocycles. The van der Waals surface area contributed by atoms with E-state index in [-0.39, 0.29) is 0 Å². The van der Waals surface area contributed by atoms with Crippen LogP contribution in [0.5, 0.6) is 0 Å². The molecule has 0 aromatic heterocycles. The highest BCUT2D eigenvalue weighted by Gasteiger charge is 2.35. The van der Waals surface area contributed by atoms with Gasteiger partial charge in [0, 0.05) is 35.5 Å². The second kappa shape index (κ2) is 3.67. The summed E-state index contributed by atoms with van der Waals surface area (Å²) in [5, 5.41) is 8.79. The predicted octanol–water partition coefficient (Wildman–Crippen LogP) is 2.50. The molecule has 0 aliphatic carbocycles. The number of rotatable bonds is 1. The monoisotopic (exact) mass is 245 g/mol. The first-order valence-corrected chi connectivity index (χ1v) is 6.19. The third-order valence-electron chi connectivity index (χ3n) is 2.93. The van der Waals surface area contributed by atoms with Gasteiger partial charge < -0.3 is 10.0 Å². The number of carboxylic acid groups (broad SMARTS) is 1. The maximum atomic E-state index is 11.3. The van der Waals surface area contributed by atoms with Crippen molar-refractivity contribution in [2.24, 2.45) is 0 Å². The zero-order chi connectivity index (χ0) is 12.0. The number of hydrogen-bond acceptors (Lipinski definition) is 3. The van der Waals surface area contributed by atoms with Crippen LogP contribution in [0, 0.1) is 0 Å². The maximum Gasteiger partial charge on any atom is 0.321 e. The van der Waals surface area contributed by atoms with E-state index in [0.717, 1.165) is 21.6 Å². The summed E-state index contributed by atoms with van der Waals surface area (Å²) in [5.74, 6) is -0.779. The molecule has 0 fully saturated rings. The van der Waals surface area contributed by atoms with E-state index in [2.05, 4.69) is 0 Å². The first-order valence-electron chi connectivity index (χ1n) is 5.31. The zero-order valence-electron chi connectivity index (χ0n) is 9.25. The molecule has 1 aromatic rings. The number of aliphatic carboxylic acids is 1. The SMILES string of the molecule is CN1C=Cc2cccc3c2C(=C1)C(C(=O)O)S3. The molecule has 3 nitrogen and oxygen atoms in total. The fraction of sp³-hybridized carbons (Fsp3) is 0.154. The normalized spacial score (nSPS) is 20.9. The fourth-order valence-corrected chi connectivity index (χ4v) is 3.36. The van der Waals surface area contributed by atoms with Crippen molar-refractivity contribution in [1.82, 2.24) is 4.90 Å². The quantitative estimate of drug-likeness (QED) is 0.825. The van der Waals surface area contributed by atoms with Crippen LogP contribution in [0.3, 0.4) is 0 Å². The van der Waals surface area contributed by atoms with Gasteiger partial charge in [0.1, 0.15) is 5.25 Å². The molecule has 4 heteroatoms.